The molecule has 0 fully saturated rings. The maximum Gasteiger partial charge on any atom is 0.277 e. The summed E-state index contributed by atoms with van der Waals surface area (Å²) < 4.78 is 50.8. The van der Waals surface area contributed by atoms with E-state index in [1.54, 1.807) is 6.07 Å². The van der Waals surface area contributed by atoms with Crippen LogP contribution in [0.4, 0.5) is 24.5 Å². The number of nitrogens with one attached hydrogen (secondary N) is 3. The molecule has 0 aromatic heterocycles. The van der Waals surface area contributed by atoms with Gasteiger partial charge in [0.1, 0.15) is 12.4 Å². The Hall–Kier alpha value is -2.20. The minimum Gasteiger partial charge on any atom is -0.414 e. The van der Waals surface area contributed by atoms with Gasteiger partial charge in [0.25, 0.3) is 5.91 Å². The number of anilines is 2. The molecule has 0 saturated carbocycles. The van der Waals surface area contributed by atoms with E-state index in [0.29, 0.717) is 3.57 Å². The molecule has 0 unspecified atom stereocenters. The molecular formula is C24H31F3IN3O5Si. The summed E-state index contributed by atoms with van der Waals surface area (Å²) in [5, 5.41) is 13.5. The summed E-state index contributed by atoms with van der Waals surface area (Å²) in [6.45, 7) is 9.21. The topological polar surface area (TPSA) is 109 Å². The first-order chi connectivity index (χ1) is 17.2. The Bertz CT molecular complexity index is 1150. The number of halogens is 4. The number of hydrogen-bond donors (Lipinski definition) is 4. The molecule has 0 aliphatic rings. The van der Waals surface area contributed by atoms with Gasteiger partial charge in [0.2, 0.25) is 5.91 Å². The number of rotatable bonds is 11. The maximum atomic E-state index is 15.1. The number of benzene rings is 2. The number of aliphatic hydroxyl groups excluding tert-OH is 1. The van der Waals surface area contributed by atoms with Gasteiger partial charge in [-0.15, -0.1) is 0 Å². The van der Waals surface area contributed by atoms with E-state index in [1.165, 1.54) is 12.1 Å². The predicted octanol–water partition coefficient (Wildman–Crippen LogP) is 4.74. The molecule has 0 aliphatic heterocycles. The molecule has 0 heterocycles. The van der Waals surface area contributed by atoms with E-state index in [2.05, 4.69) is 50.0 Å². The lowest BCUT2D eigenvalue weighted by molar-refractivity contribution is -0.123. The Morgan fingerprint density at radius 2 is 1.76 bits per heavy atom. The van der Waals surface area contributed by atoms with Crippen molar-refractivity contribution >= 4 is 54.1 Å². The number of amides is 2. The van der Waals surface area contributed by atoms with Crippen molar-refractivity contribution in [2.75, 3.05) is 25.1 Å². The molecule has 0 atom stereocenters. The number of aliphatic hydroxyl groups is 1. The molecule has 4 N–H and O–H groups in total. The monoisotopic (exact) mass is 653 g/mol. The van der Waals surface area contributed by atoms with Crippen LogP contribution in [0.25, 0.3) is 0 Å². The van der Waals surface area contributed by atoms with Gasteiger partial charge in [-0.05, 0) is 65.0 Å². The van der Waals surface area contributed by atoms with Gasteiger partial charge in [0, 0.05) is 15.7 Å². The zero-order valence-corrected chi connectivity index (χ0v) is 24.4. The number of hydrogen-bond acceptors (Lipinski definition) is 6. The first-order valence-corrected chi connectivity index (χ1v) is 15.3. The van der Waals surface area contributed by atoms with Gasteiger partial charge in [-0.1, -0.05) is 20.8 Å². The molecule has 0 saturated heterocycles. The van der Waals surface area contributed by atoms with Crippen LogP contribution >= 0.6 is 22.6 Å². The van der Waals surface area contributed by atoms with Gasteiger partial charge in [0.15, 0.2) is 20.0 Å². The Kier molecular flexibility index (Phi) is 10.9. The lowest BCUT2D eigenvalue weighted by Gasteiger charge is -2.36. The molecule has 2 aromatic carbocycles. The van der Waals surface area contributed by atoms with Gasteiger partial charge < -0.3 is 20.2 Å². The van der Waals surface area contributed by atoms with Gasteiger partial charge in [0.05, 0.1) is 30.2 Å². The van der Waals surface area contributed by atoms with E-state index >= 15 is 4.39 Å². The van der Waals surface area contributed by atoms with Crippen molar-refractivity contribution in [3.8, 4) is 0 Å². The lowest BCUT2D eigenvalue weighted by Crippen LogP contribution is -2.42. The van der Waals surface area contributed by atoms with Crippen LogP contribution in [0.5, 0.6) is 0 Å². The van der Waals surface area contributed by atoms with Gasteiger partial charge in [-0.2, -0.15) is 0 Å². The molecule has 204 valence electrons. The van der Waals surface area contributed by atoms with Crippen LogP contribution in [0.1, 0.15) is 36.7 Å². The normalized spacial score (nSPS) is 11.8. The quantitative estimate of drug-likeness (QED) is 0.121. The predicted molar refractivity (Wildman–Crippen MR) is 144 cm³/mol. The van der Waals surface area contributed by atoms with Crippen molar-refractivity contribution < 1.29 is 37.1 Å². The molecule has 2 rings (SSSR count). The van der Waals surface area contributed by atoms with Crippen LogP contribution in [-0.2, 0) is 20.6 Å². The standard InChI is InChI=1S/C24H31F3IN3O5Si/c1-24(2,3)37(4,5)36-9-8-35-31-23(34)16-10-14(12-29-19(33)13-32)20(26)21(27)22(16)30-18-7-6-15(28)11-17(18)25/h6-7,10-11,30,32H,8-9,12-13H2,1-5H3,(H,29,33)(H,31,34). The molecule has 8 nitrogen and oxygen atoms in total. The molecule has 2 amide bonds. The highest BCUT2D eigenvalue weighted by molar-refractivity contribution is 14.1. The van der Waals surface area contributed by atoms with E-state index in [9.17, 15) is 18.4 Å². The van der Waals surface area contributed by atoms with Crippen LogP contribution < -0.4 is 16.1 Å². The Balaban J connectivity index is 2.27. The SMILES string of the molecule is CC(C)(C)[Si](C)(C)OCCONC(=O)c1cc(CNC(=O)CO)c(F)c(F)c1Nc1ccc(I)cc1F. The highest BCUT2D eigenvalue weighted by Crippen LogP contribution is 2.36. The molecule has 0 aliphatic carbocycles. The molecule has 2 aromatic rings. The zero-order chi connectivity index (χ0) is 28.0. The smallest absolute Gasteiger partial charge is 0.277 e. The van der Waals surface area contributed by atoms with Crippen LogP contribution in [0.15, 0.2) is 24.3 Å². The van der Waals surface area contributed by atoms with Crippen molar-refractivity contribution in [3.05, 3.63) is 56.4 Å². The molecule has 37 heavy (non-hydrogen) atoms. The minimum atomic E-state index is -2.03. The van der Waals surface area contributed by atoms with Crippen LogP contribution in [0, 0.1) is 21.0 Å². The van der Waals surface area contributed by atoms with E-state index in [0.717, 1.165) is 6.07 Å². The van der Waals surface area contributed by atoms with Crippen LogP contribution in [-0.4, -0.2) is 45.1 Å². The third-order valence-corrected chi connectivity index (χ3v) is 11.2. The number of carbonyl (C=O) groups is 2. The Labute approximate surface area is 228 Å². The fourth-order valence-electron chi connectivity index (χ4n) is 2.81. The average Bonchev–Trinajstić information content (AvgIpc) is 2.81. The van der Waals surface area contributed by atoms with E-state index in [-0.39, 0.29) is 29.5 Å². The Morgan fingerprint density at radius 3 is 2.35 bits per heavy atom. The van der Waals surface area contributed by atoms with Crippen molar-refractivity contribution in [1.29, 1.82) is 0 Å². The van der Waals surface area contributed by atoms with E-state index in [4.69, 9.17) is 14.4 Å². The third-order valence-electron chi connectivity index (χ3n) is 5.96. The summed E-state index contributed by atoms with van der Waals surface area (Å²) in [5.74, 6) is -5.31. The van der Waals surface area contributed by atoms with Crippen molar-refractivity contribution in [1.82, 2.24) is 10.8 Å². The summed E-state index contributed by atoms with van der Waals surface area (Å²) >= 11 is 1.89. The summed E-state index contributed by atoms with van der Waals surface area (Å²) in [4.78, 5) is 29.5. The van der Waals surface area contributed by atoms with Crippen molar-refractivity contribution in [2.24, 2.45) is 0 Å². The summed E-state index contributed by atoms with van der Waals surface area (Å²) in [5.41, 5.74) is 0.614. The molecule has 0 bridgehead atoms. The maximum absolute atomic E-state index is 15.1. The van der Waals surface area contributed by atoms with Crippen molar-refractivity contribution in [3.63, 3.8) is 0 Å². The van der Waals surface area contributed by atoms with Gasteiger partial charge in [-0.25, -0.2) is 18.7 Å². The first kappa shape index (κ1) is 31.0. The molecule has 0 radical (unpaired) electrons. The minimum absolute atomic E-state index is 0.00411. The fraction of sp³-hybridized carbons (Fsp3) is 0.417. The molecule has 13 heteroatoms. The number of carbonyl (C=O) groups excluding carboxylic acids is 2. The van der Waals surface area contributed by atoms with E-state index in [1.807, 2.05) is 22.6 Å². The van der Waals surface area contributed by atoms with Crippen LogP contribution in [0.3, 0.4) is 0 Å². The summed E-state index contributed by atoms with van der Waals surface area (Å²) in [6.07, 6.45) is 0. The second kappa shape index (κ2) is 13.0. The molecular weight excluding hydrogens is 622 g/mol. The third kappa shape index (κ3) is 8.40. The van der Waals surface area contributed by atoms with Gasteiger partial charge >= 0.3 is 0 Å². The largest absolute Gasteiger partial charge is 0.414 e. The second-order valence-corrected chi connectivity index (χ2v) is 15.7. The number of hydroxylamine groups is 1. The van der Waals surface area contributed by atoms with E-state index < -0.39 is 62.0 Å². The Morgan fingerprint density at radius 1 is 1.08 bits per heavy atom. The van der Waals surface area contributed by atoms with Crippen molar-refractivity contribution in [2.45, 2.75) is 45.4 Å². The molecule has 0 spiro atoms. The van der Waals surface area contributed by atoms with Crippen LogP contribution in [0.2, 0.25) is 18.1 Å². The van der Waals surface area contributed by atoms with Gasteiger partial charge in [-0.3, -0.25) is 14.4 Å². The highest BCUT2D eigenvalue weighted by Gasteiger charge is 2.37. The summed E-state index contributed by atoms with van der Waals surface area (Å²) in [7, 11) is -2.03. The summed E-state index contributed by atoms with van der Waals surface area (Å²) in [6, 6.07) is 5.06. The lowest BCUT2D eigenvalue weighted by atomic mass is 10.1. The first-order valence-electron chi connectivity index (χ1n) is 11.3. The second-order valence-electron chi connectivity index (χ2n) is 9.66. The highest BCUT2D eigenvalue weighted by atomic mass is 127. The fourth-order valence-corrected chi connectivity index (χ4v) is 4.29. The zero-order valence-electron chi connectivity index (χ0n) is 21.2. The average molecular weight is 654 g/mol.